The summed E-state index contributed by atoms with van der Waals surface area (Å²) < 4.78 is 0. The summed E-state index contributed by atoms with van der Waals surface area (Å²) >= 11 is 0. The average molecular weight is 184 g/mol. The van der Waals surface area contributed by atoms with Gasteiger partial charge >= 0.3 is 5.97 Å². The molecule has 1 aliphatic rings. The molecule has 0 aliphatic heterocycles. The van der Waals surface area contributed by atoms with Crippen molar-refractivity contribution in [3.63, 3.8) is 0 Å². The number of carbonyl (C=O) groups is 2. The van der Waals surface area contributed by atoms with Crippen LogP contribution in [0.1, 0.15) is 33.6 Å². The van der Waals surface area contributed by atoms with E-state index in [2.05, 4.69) is 0 Å². The first-order valence-corrected chi connectivity index (χ1v) is 4.59. The highest BCUT2D eigenvalue weighted by atomic mass is 16.4. The van der Waals surface area contributed by atoms with Crippen molar-refractivity contribution in [1.82, 2.24) is 0 Å². The lowest BCUT2D eigenvalue weighted by atomic mass is 9.64. The monoisotopic (exact) mass is 184 g/mol. The quantitative estimate of drug-likeness (QED) is 0.675. The molecule has 1 rings (SSSR count). The number of carbonyl (C=O) groups excluding carboxylic acids is 1. The Bertz CT molecular complexity index is 243. The number of hydrogen-bond donors (Lipinski definition) is 1. The van der Waals surface area contributed by atoms with E-state index in [1.165, 1.54) is 0 Å². The molecule has 1 fully saturated rings. The van der Waals surface area contributed by atoms with Gasteiger partial charge in [0.25, 0.3) is 0 Å². The molecule has 0 amide bonds. The Kier molecular flexibility index (Phi) is 2.46. The van der Waals surface area contributed by atoms with E-state index in [1.807, 2.05) is 20.8 Å². The lowest BCUT2D eigenvalue weighted by Gasteiger charge is -2.39. The van der Waals surface area contributed by atoms with Crippen molar-refractivity contribution in [3.8, 4) is 0 Å². The van der Waals surface area contributed by atoms with Gasteiger partial charge in [0.1, 0.15) is 5.78 Å². The molecule has 74 valence electrons. The molecule has 3 heteroatoms. The van der Waals surface area contributed by atoms with E-state index in [0.717, 1.165) is 0 Å². The molecule has 2 atom stereocenters. The number of carboxylic acids is 1. The molecule has 1 saturated carbocycles. The van der Waals surface area contributed by atoms with E-state index in [9.17, 15) is 9.59 Å². The molecule has 1 N–H and O–H groups in total. The lowest BCUT2D eigenvalue weighted by Crippen LogP contribution is -2.42. The zero-order valence-corrected chi connectivity index (χ0v) is 8.33. The molecular formula is C10H16O3. The first-order valence-electron chi connectivity index (χ1n) is 4.59. The summed E-state index contributed by atoms with van der Waals surface area (Å²) in [6, 6.07) is 0. The van der Waals surface area contributed by atoms with Gasteiger partial charge < -0.3 is 5.11 Å². The van der Waals surface area contributed by atoms with Gasteiger partial charge in [0.2, 0.25) is 0 Å². The third-order valence-electron chi connectivity index (χ3n) is 2.88. The second kappa shape index (κ2) is 3.13. The highest BCUT2D eigenvalue weighted by Crippen LogP contribution is 2.42. The summed E-state index contributed by atoms with van der Waals surface area (Å²) in [5.74, 6) is -1.00. The normalized spacial score (nSPS) is 33.0. The van der Waals surface area contributed by atoms with Gasteiger partial charge in [-0.25, -0.2) is 0 Å². The Morgan fingerprint density at radius 3 is 2.46 bits per heavy atom. The number of Topliss-reactive ketones (excluding diaryl/α,β-unsaturated/α-hetero) is 1. The minimum Gasteiger partial charge on any atom is -0.481 e. The molecule has 0 aromatic carbocycles. The molecule has 0 spiro atoms. The summed E-state index contributed by atoms with van der Waals surface area (Å²) in [5.41, 5.74) is -0.388. The molecule has 0 aromatic rings. The maximum atomic E-state index is 11.3. The Balaban J connectivity index is 2.92. The fraction of sp³-hybridized carbons (Fsp3) is 0.800. The number of rotatable bonds is 1. The van der Waals surface area contributed by atoms with Gasteiger partial charge in [0.15, 0.2) is 0 Å². The van der Waals surface area contributed by atoms with Crippen LogP contribution in [0.15, 0.2) is 0 Å². The molecule has 0 unspecified atom stereocenters. The van der Waals surface area contributed by atoms with Crippen LogP contribution in [-0.2, 0) is 9.59 Å². The van der Waals surface area contributed by atoms with Crippen LogP contribution in [0.2, 0.25) is 0 Å². The number of aliphatic carboxylic acids is 1. The van der Waals surface area contributed by atoms with Gasteiger partial charge in [-0.3, -0.25) is 9.59 Å². The number of hydrogen-bond acceptors (Lipinski definition) is 2. The molecule has 13 heavy (non-hydrogen) atoms. The largest absolute Gasteiger partial charge is 0.481 e. The standard InChI is InChI=1S/C10H16O3/c1-6-4-7(11)5-10(2,3)8(6)9(12)13/h6,8H,4-5H2,1-3H3,(H,12,13)/t6-,8-/m0/s1. The summed E-state index contributed by atoms with van der Waals surface area (Å²) in [6.07, 6.45) is 0.814. The van der Waals surface area contributed by atoms with Crippen LogP contribution < -0.4 is 0 Å². The van der Waals surface area contributed by atoms with Crippen LogP contribution in [0.5, 0.6) is 0 Å². The summed E-state index contributed by atoms with van der Waals surface area (Å²) in [6.45, 7) is 5.57. The molecule has 0 heterocycles. The van der Waals surface area contributed by atoms with Crippen LogP contribution in [0.25, 0.3) is 0 Å². The van der Waals surface area contributed by atoms with Crippen LogP contribution in [-0.4, -0.2) is 16.9 Å². The van der Waals surface area contributed by atoms with E-state index >= 15 is 0 Å². The number of carboxylic acid groups (broad SMARTS) is 1. The molecule has 0 bridgehead atoms. The van der Waals surface area contributed by atoms with Crippen molar-refractivity contribution in [1.29, 1.82) is 0 Å². The Morgan fingerprint density at radius 2 is 2.08 bits per heavy atom. The zero-order chi connectivity index (χ0) is 10.2. The first kappa shape index (κ1) is 10.2. The molecular weight excluding hydrogens is 168 g/mol. The second-order valence-corrected chi connectivity index (χ2v) is 4.70. The predicted octanol–water partition coefficient (Wildman–Crippen LogP) is 1.71. The van der Waals surface area contributed by atoms with Crippen LogP contribution in [0.3, 0.4) is 0 Å². The summed E-state index contributed by atoms with van der Waals surface area (Å²) in [5, 5.41) is 9.02. The summed E-state index contributed by atoms with van der Waals surface area (Å²) in [7, 11) is 0. The van der Waals surface area contributed by atoms with Gasteiger partial charge in [-0.2, -0.15) is 0 Å². The van der Waals surface area contributed by atoms with Crippen molar-refractivity contribution in [3.05, 3.63) is 0 Å². The predicted molar refractivity (Wildman–Crippen MR) is 48.3 cm³/mol. The van der Waals surface area contributed by atoms with Crippen molar-refractivity contribution >= 4 is 11.8 Å². The van der Waals surface area contributed by atoms with Crippen LogP contribution in [0, 0.1) is 17.3 Å². The van der Waals surface area contributed by atoms with Crippen molar-refractivity contribution in [2.45, 2.75) is 33.6 Å². The molecule has 0 radical (unpaired) electrons. The zero-order valence-electron chi connectivity index (χ0n) is 8.33. The van der Waals surface area contributed by atoms with Crippen molar-refractivity contribution in [2.75, 3.05) is 0 Å². The van der Waals surface area contributed by atoms with E-state index in [-0.39, 0.29) is 23.0 Å². The topological polar surface area (TPSA) is 54.4 Å². The van der Waals surface area contributed by atoms with E-state index in [4.69, 9.17) is 5.11 Å². The summed E-state index contributed by atoms with van der Waals surface area (Å²) in [4.78, 5) is 22.2. The molecule has 3 nitrogen and oxygen atoms in total. The van der Waals surface area contributed by atoms with Crippen molar-refractivity contribution in [2.24, 2.45) is 17.3 Å². The first-order chi connectivity index (χ1) is 5.84. The minimum absolute atomic E-state index is 0.0336. The average Bonchev–Trinajstić information content (AvgIpc) is 1.78. The Morgan fingerprint density at radius 1 is 1.54 bits per heavy atom. The fourth-order valence-electron chi connectivity index (χ4n) is 2.52. The maximum absolute atomic E-state index is 11.3. The highest BCUT2D eigenvalue weighted by Gasteiger charge is 2.44. The molecule has 0 saturated heterocycles. The lowest BCUT2D eigenvalue weighted by molar-refractivity contribution is -0.152. The highest BCUT2D eigenvalue weighted by molar-refractivity contribution is 5.83. The van der Waals surface area contributed by atoms with Gasteiger partial charge in [0.05, 0.1) is 5.92 Å². The van der Waals surface area contributed by atoms with E-state index < -0.39 is 5.97 Å². The maximum Gasteiger partial charge on any atom is 0.307 e. The SMILES string of the molecule is C[C@H]1CC(=O)CC(C)(C)[C@@H]1C(=O)O. The van der Waals surface area contributed by atoms with E-state index in [1.54, 1.807) is 0 Å². The van der Waals surface area contributed by atoms with Crippen molar-refractivity contribution < 1.29 is 14.7 Å². The van der Waals surface area contributed by atoms with Crippen LogP contribution in [0.4, 0.5) is 0 Å². The fourth-order valence-corrected chi connectivity index (χ4v) is 2.52. The minimum atomic E-state index is -0.773. The van der Waals surface area contributed by atoms with Crippen LogP contribution >= 0.6 is 0 Å². The molecule has 0 aromatic heterocycles. The van der Waals surface area contributed by atoms with E-state index in [0.29, 0.717) is 12.8 Å². The third kappa shape index (κ3) is 1.90. The van der Waals surface area contributed by atoms with Gasteiger partial charge in [-0.05, 0) is 11.3 Å². The number of ketones is 1. The Hall–Kier alpha value is -0.860. The van der Waals surface area contributed by atoms with Gasteiger partial charge in [0, 0.05) is 12.8 Å². The smallest absolute Gasteiger partial charge is 0.307 e. The van der Waals surface area contributed by atoms with Gasteiger partial charge in [-0.15, -0.1) is 0 Å². The third-order valence-corrected chi connectivity index (χ3v) is 2.88. The second-order valence-electron chi connectivity index (χ2n) is 4.70. The van der Waals surface area contributed by atoms with Gasteiger partial charge in [-0.1, -0.05) is 20.8 Å². The Labute approximate surface area is 78.1 Å². The molecule has 1 aliphatic carbocycles.